The Morgan fingerprint density at radius 1 is 1.25 bits per heavy atom. The number of benzene rings is 1. The Kier molecular flexibility index (Phi) is 5.19. The van der Waals surface area contributed by atoms with Crippen molar-refractivity contribution in [1.82, 2.24) is 5.32 Å². The molecule has 110 valence electrons. The van der Waals surface area contributed by atoms with Gasteiger partial charge < -0.3 is 10.1 Å². The molecule has 0 aliphatic heterocycles. The summed E-state index contributed by atoms with van der Waals surface area (Å²) < 4.78 is 5.81. The highest BCUT2D eigenvalue weighted by atomic mass is 16.5. The van der Waals surface area contributed by atoms with Gasteiger partial charge >= 0.3 is 0 Å². The van der Waals surface area contributed by atoms with Crippen molar-refractivity contribution in [1.29, 1.82) is 5.26 Å². The molecule has 0 aliphatic rings. The molecule has 0 aromatic heterocycles. The Morgan fingerprint density at radius 2 is 1.90 bits per heavy atom. The normalized spacial score (nSPS) is 14.4. The molecule has 0 saturated heterocycles. The number of nitrogens with one attached hydrogen (secondary N) is 1. The first-order valence-corrected chi connectivity index (χ1v) is 7.06. The highest BCUT2D eigenvalue weighted by Crippen LogP contribution is 2.27. The summed E-state index contributed by atoms with van der Waals surface area (Å²) in [5.74, 6) is 0.898. The molecular formula is C17H26N2O. The van der Waals surface area contributed by atoms with Crippen LogP contribution in [-0.2, 0) is 5.41 Å². The fraction of sp³-hybridized carbons (Fsp3) is 0.588. The fourth-order valence-corrected chi connectivity index (χ4v) is 1.88. The van der Waals surface area contributed by atoms with Crippen molar-refractivity contribution in [3.05, 3.63) is 29.3 Å². The zero-order chi connectivity index (χ0) is 15.4. The fourth-order valence-electron chi connectivity index (χ4n) is 1.88. The quantitative estimate of drug-likeness (QED) is 0.893. The van der Waals surface area contributed by atoms with Gasteiger partial charge in [-0.3, -0.25) is 0 Å². The number of rotatable bonds is 5. The van der Waals surface area contributed by atoms with E-state index in [0.29, 0.717) is 13.0 Å². The number of nitrogens with zero attached hydrogens (tertiary/aromatic N) is 1. The van der Waals surface area contributed by atoms with Crippen LogP contribution >= 0.6 is 0 Å². The van der Waals surface area contributed by atoms with Crippen LogP contribution in [0.2, 0.25) is 0 Å². The Labute approximate surface area is 123 Å². The van der Waals surface area contributed by atoms with Crippen LogP contribution in [0.3, 0.4) is 0 Å². The third-order valence-electron chi connectivity index (χ3n) is 3.70. The Bertz CT molecular complexity index is 497. The summed E-state index contributed by atoms with van der Waals surface area (Å²) in [7, 11) is 1.80. The molecule has 1 aromatic rings. The van der Waals surface area contributed by atoms with E-state index in [4.69, 9.17) is 10.00 Å². The second-order valence-corrected chi connectivity index (χ2v) is 6.52. The largest absolute Gasteiger partial charge is 0.493 e. The lowest BCUT2D eigenvalue weighted by atomic mass is 9.86. The maximum Gasteiger partial charge on any atom is 0.122 e. The van der Waals surface area contributed by atoms with E-state index in [0.717, 1.165) is 11.3 Å². The maximum atomic E-state index is 9.09. The van der Waals surface area contributed by atoms with Gasteiger partial charge in [-0.15, -0.1) is 0 Å². The van der Waals surface area contributed by atoms with Crippen LogP contribution in [0.1, 0.15) is 45.2 Å². The lowest BCUT2D eigenvalue weighted by Crippen LogP contribution is -2.39. The third kappa shape index (κ3) is 4.25. The summed E-state index contributed by atoms with van der Waals surface area (Å²) >= 11 is 0. The van der Waals surface area contributed by atoms with Crippen molar-refractivity contribution in [2.24, 2.45) is 0 Å². The van der Waals surface area contributed by atoms with Gasteiger partial charge in [0, 0.05) is 6.42 Å². The van der Waals surface area contributed by atoms with Gasteiger partial charge in [-0.1, -0.05) is 32.9 Å². The Balaban J connectivity index is 2.69. The summed E-state index contributed by atoms with van der Waals surface area (Å²) in [5.41, 5.74) is 2.06. The second-order valence-electron chi connectivity index (χ2n) is 6.52. The van der Waals surface area contributed by atoms with E-state index in [9.17, 15) is 0 Å². The number of nitriles is 1. The molecule has 1 N–H and O–H groups in total. The average molecular weight is 274 g/mol. The zero-order valence-corrected chi connectivity index (χ0v) is 13.5. The van der Waals surface area contributed by atoms with Crippen molar-refractivity contribution in [2.45, 2.75) is 52.0 Å². The van der Waals surface area contributed by atoms with Gasteiger partial charge in [-0.25, -0.2) is 0 Å². The molecule has 1 aromatic carbocycles. The molecule has 1 unspecified atom stereocenters. The number of hydrogen-bond donors (Lipinski definition) is 1. The monoisotopic (exact) mass is 274 g/mol. The van der Waals surface area contributed by atoms with Crippen LogP contribution in [0, 0.1) is 18.3 Å². The van der Waals surface area contributed by atoms with Crippen molar-refractivity contribution >= 4 is 0 Å². The van der Waals surface area contributed by atoms with Crippen LogP contribution in [-0.4, -0.2) is 19.2 Å². The molecule has 1 rings (SSSR count). The van der Waals surface area contributed by atoms with Gasteiger partial charge in [0.15, 0.2) is 0 Å². The Hall–Kier alpha value is -1.53. The summed E-state index contributed by atoms with van der Waals surface area (Å²) in [6.45, 7) is 11.1. The number of aryl methyl sites for hydroxylation is 1. The summed E-state index contributed by atoms with van der Waals surface area (Å²) in [4.78, 5) is 0. The molecule has 0 fully saturated rings. The molecule has 20 heavy (non-hydrogen) atoms. The third-order valence-corrected chi connectivity index (χ3v) is 3.70. The molecule has 0 radical (unpaired) electrons. The summed E-state index contributed by atoms with van der Waals surface area (Å²) in [6.07, 6.45) is 0.653. The Morgan fingerprint density at radius 3 is 2.35 bits per heavy atom. The molecule has 0 heterocycles. The number of hydrogen-bond acceptors (Lipinski definition) is 3. The van der Waals surface area contributed by atoms with E-state index in [-0.39, 0.29) is 5.41 Å². The van der Waals surface area contributed by atoms with Crippen molar-refractivity contribution in [3.8, 4) is 11.8 Å². The van der Waals surface area contributed by atoms with E-state index in [1.165, 1.54) is 5.56 Å². The molecule has 1 atom stereocenters. The van der Waals surface area contributed by atoms with Crippen LogP contribution in [0.15, 0.2) is 18.2 Å². The minimum absolute atomic E-state index is 0.148. The van der Waals surface area contributed by atoms with Crippen molar-refractivity contribution in [3.63, 3.8) is 0 Å². The second kappa shape index (κ2) is 6.28. The van der Waals surface area contributed by atoms with Gasteiger partial charge in [0.2, 0.25) is 0 Å². The van der Waals surface area contributed by atoms with Crippen LogP contribution in [0.25, 0.3) is 0 Å². The summed E-state index contributed by atoms with van der Waals surface area (Å²) in [5, 5.41) is 12.1. The van der Waals surface area contributed by atoms with Gasteiger partial charge in [-0.2, -0.15) is 5.26 Å². The van der Waals surface area contributed by atoms with E-state index < -0.39 is 5.54 Å². The predicted molar refractivity (Wildman–Crippen MR) is 83.1 cm³/mol. The highest BCUT2D eigenvalue weighted by molar-refractivity contribution is 5.38. The zero-order valence-electron chi connectivity index (χ0n) is 13.5. The molecule has 0 aliphatic carbocycles. The lowest BCUT2D eigenvalue weighted by Gasteiger charge is -2.22. The molecule has 0 amide bonds. The van der Waals surface area contributed by atoms with Gasteiger partial charge in [-0.05, 0) is 43.5 Å². The van der Waals surface area contributed by atoms with Gasteiger partial charge in [0.1, 0.15) is 11.3 Å². The van der Waals surface area contributed by atoms with Crippen molar-refractivity contribution in [2.75, 3.05) is 13.7 Å². The minimum Gasteiger partial charge on any atom is -0.493 e. The molecule has 0 bridgehead atoms. The van der Waals surface area contributed by atoms with Crippen molar-refractivity contribution < 1.29 is 4.74 Å². The lowest BCUT2D eigenvalue weighted by molar-refractivity contribution is 0.271. The van der Waals surface area contributed by atoms with Gasteiger partial charge in [0.25, 0.3) is 0 Å². The van der Waals surface area contributed by atoms with E-state index in [1.54, 1.807) is 7.05 Å². The standard InChI is InChI=1S/C17H26N2O/c1-13-11-14(16(2,3)4)7-8-15(13)20-10-9-17(5,12-18)19-6/h7-8,11,19H,9-10H2,1-6H3. The minimum atomic E-state index is -0.529. The summed E-state index contributed by atoms with van der Waals surface area (Å²) in [6, 6.07) is 8.59. The first kappa shape index (κ1) is 16.5. The smallest absolute Gasteiger partial charge is 0.122 e. The van der Waals surface area contributed by atoms with Crippen LogP contribution < -0.4 is 10.1 Å². The van der Waals surface area contributed by atoms with E-state index in [1.807, 2.05) is 13.0 Å². The van der Waals surface area contributed by atoms with Crippen LogP contribution in [0.4, 0.5) is 0 Å². The molecule has 3 heteroatoms. The first-order valence-electron chi connectivity index (χ1n) is 7.06. The molecule has 0 spiro atoms. The molecule has 3 nitrogen and oxygen atoms in total. The van der Waals surface area contributed by atoms with E-state index >= 15 is 0 Å². The van der Waals surface area contributed by atoms with Gasteiger partial charge in [0.05, 0.1) is 12.7 Å². The van der Waals surface area contributed by atoms with Crippen LogP contribution in [0.5, 0.6) is 5.75 Å². The number of ether oxygens (including phenoxy) is 1. The van der Waals surface area contributed by atoms with E-state index in [2.05, 4.69) is 51.2 Å². The topological polar surface area (TPSA) is 45.0 Å². The molecular weight excluding hydrogens is 248 g/mol. The predicted octanol–water partition coefficient (Wildman–Crippen LogP) is 3.56. The maximum absolute atomic E-state index is 9.09. The molecule has 0 saturated carbocycles. The first-order chi connectivity index (χ1) is 9.22. The highest BCUT2D eigenvalue weighted by Gasteiger charge is 2.21. The average Bonchev–Trinajstić information content (AvgIpc) is 2.39. The SMILES string of the molecule is CNC(C)(C#N)CCOc1ccc(C(C)(C)C)cc1C.